The van der Waals surface area contributed by atoms with Gasteiger partial charge in [0.15, 0.2) is 11.9 Å². The molecule has 4 saturated carbocycles. The van der Waals surface area contributed by atoms with Gasteiger partial charge in [0, 0.05) is 24.2 Å². The molecule has 1 saturated heterocycles. The van der Waals surface area contributed by atoms with Gasteiger partial charge in [-0.3, -0.25) is 9.59 Å². The molecule has 5 aliphatic rings. The number of rotatable bonds is 5. The topological polar surface area (TPSA) is 75.7 Å². The van der Waals surface area contributed by atoms with Crippen molar-refractivity contribution in [3.05, 3.63) is 30.3 Å². The summed E-state index contributed by atoms with van der Waals surface area (Å²) in [4.78, 5) is 40.7. The summed E-state index contributed by atoms with van der Waals surface area (Å²) in [6.07, 6.45) is 7.53. The third-order valence-electron chi connectivity index (χ3n) is 8.29. The number of nitrogens with one attached hydrogen (secondary N) is 1. The number of urea groups is 1. The molecule has 2 amide bonds. The largest absolute Gasteiger partial charge is 0.454 e. The molecular weight excluding hydrogens is 404 g/mol. The van der Waals surface area contributed by atoms with Crippen LogP contribution in [0.2, 0.25) is 0 Å². The van der Waals surface area contributed by atoms with Gasteiger partial charge in [0.1, 0.15) is 0 Å². The maximum Gasteiger partial charge on any atom is 0.321 e. The number of ketones is 1. The van der Waals surface area contributed by atoms with E-state index in [1.54, 1.807) is 11.8 Å². The number of para-hydroxylation sites is 1. The highest BCUT2D eigenvalue weighted by Crippen LogP contribution is 2.60. The number of carbonyl (C=O) groups excluding carboxylic acids is 3. The van der Waals surface area contributed by atoms with Gasteiger partial charge in [-0.15, -0.1) is 0 Å². The molecule has 6 rings (SSSR count). The fourth-order valence-corrected chi connectivity index (χ4v) is 7.25. The quantitative estimate of drug-likeness (QED) is 0.679. The SMILES string of the molecule is C[C@@H](OC(=O)[C@H]1CCCN(C(=O)Nc2ccccc2)C1)C(=O)C12CC3CC(CC(C3)C1)C2. The Kier molecular flexibility index (Phi) is 5.72. The molecule has 0 aromatic heterocycles. The second kappa shape index (κ2) is 8.53. The Morgan fingerprint density at radius 1 is 1.03 bits per heavy atom. The maximum atomic E-state index is 13.4. The molecule has 5 fully saturated rings. The lowest BCUT2D eigenvalue weighted by atomic mass is 9.48. The Balaban J connectivity index is 1.17. The van der Waals surface area contributed by atoms with Crippen LogP contribution in [0.4, 0.5) is 10.5 Å². The lowest BCUT2D eigenvalue weighted by Gasteiger charge is -2.56. The molecule has 0 spiro atoms. The highest BCUT2D eigenvalue weighted by Gasteiger charge is 2.55. The number of esters is 1. The minimum Gasteiger partial charge on any atom is -0.454 e. The van der Waals surface area contributed by atoms with E-state index in [0.717, 1.165) is 31.4 Å². The number of hydrogen-bond acceptors (Lipinski definition) is 4. The van der Waals surface area contributed by atoms with E-state index in [2.05, 4.69) is 5.32 Å². The first-order valence-electron chi connectivity index (χ1n) is 12.3. The second-order valence-electron chi connectivity index (χ2n) is 10.7. The molecule has 1 aromatic carbocycles. The highest BCUT2D eigenvalue weighted by atomic mass is 16.5. The van der Waals surface area contributed by atoms with Crippen molar-refractivity contribution in [2.75, 3.05) is 18.4 Å². The van der Waals surface area contributed by atoms with Gasteiger partial charge in [-0.1, -0.05) is 18.2 Å². The zero-order valence-electron chi connectivity index (χ0n) is 18.9. The number of ether oxygens (including phenoxy) is 1. The molecule has 1 N–H and O–H groups in total. The predicted molar refractivity (Wildman–Crippen MR) is 121 cm³/mol. The van der Waals surface area contributed by atoms with Gasteiger partial charge in [-0.05, 0) is 88.2 Å². The van der Waals surface area contributed by atoms with E-state index >= 15 is 0 Å². The van der Waals surface area contributed by atoms with E-state index < -0.39 is 6.10 Å². The minimum atomic E-state index is -0.702. The molecule has 172 valence electrons. The van der Waals surface area contributed by atoms with Crippen molar-refractivity contribution in [1.82, 2.24) is 4.90 Å². The van der Waals surface area contributed by atoms with Crippen molar-refractivity contribution < 1.29 is 19.1 Å². The van der Waals surface area contributed by atoms with E-state index in [0.29, 0.717) is 37.3 Å². The third-order valence-corrected chi connectivity index (χ3v) is 8.29. The molecule has 4 bridgehead atoms. The fourth-order valence-electron chi connectivity index (χ4n) is 7.25. The zero-order valence-corrected chi connectivity index (χ0v) is 18.9. The van der Waals surface area contributed by atoms with Crippen LogP contribution in [0.3, 0.4) is 0 Å². The molecule has 0 radical (unpaired) electrons. The lowest BCUT2D eigenvalue weighted by Crippen LogP contribution is -2.53. The summed E-state index contributed by atoms with van der Waals surface area (Å²) in [5.74, 6) is 1.47. The summed E-state index contributed by atoms with van der Waals surface area (Å²) in [5.41, 5.74) is 0.472. The Hall–Kier alpha value is -2.37. The molecule has 6 heteroatoms. The Morgan fingerprint density at radius 3 is 2.28 bits per heavy atom. The average molecular weight is 439 g/mol. The summed E-state index contributed by atoms with van der Waals surface area (Å²) < 4.78 is 5.74. The van der Waals surface area contributed by atoms with Crippen LogP contribution < -0.4 is 5.32 Å². The smallest absolute Gasteiger partial charge is 0.321 e. The first-order valence-corrected chi connectivity index (χ1v) is 12.3. The highest BCUT2D eigenvalue weighted by molar-refractivity contribution is 5.92. The van der Waals surface area contributed by atoms with Gasteiger partial charge in [0.05, 0.1) is 5.92 Å². The monoisotopic (exact) mass is 438 g/mol. The maximum absolute atomic E-state index is 13.4. The van der Waals surface area contributed by atoms with Crippen LogP contribution in [0.5, 0.6) is 0 Å². The number of amides is 2. The van der Waals surface area contributed by atoms with Crippen molar-refractivity contribution in [1.29, 1.82) is 0 Å². The van der Waals surface area contributed by atoms with Gasteiger partial charge in [0.2, 0.25) is 0 Å². The number of hydrogen-bond donors (Lipinski definition) is 1. The van der Waals surface area contributed by atoms with E-state index in [4.69, 9.17) is 4.74 Å². The van der Waals surface area contributed by atoms with Gasteiger partial charge >= 0.3 is 12.0 Å². The Labute approximate surface area is 190 Å². The van der Waals surface area contributed by atoms with Crippen molar-refractivity contribution in [3.63, 3.8) is 0 Å². The summed E-state index contributed by atoms with van der Waals surface area (Å²) in [6.45, 7) is 2.70. The van der Waals surface area contributed by atoms with Crippen LogP contribution in [-0.4, -0.2) is 41.9 Å². The molecule has 4 aliphatic carbocycles. The van der Waals surface area contributed by atoms with Crippen LogP contribution >= 0.6 is 0 Å². The average Bonchev–Trinajstić information content (AvgIpc) is 2.78. The standard InChI is InChI=1S/C26H34N2O4/c1-17(23(29)26-13-18-10-19(14-26)12-20(11-18)15-26)32-24(30)21-6-5-9-28(16-21)25(31)27-22-7-3-2-4-8-22/h2-4,7-8,17-21H,5-6,9-16H2,1H3,(H,27,31)/t17-,18?,19?,20?,21+,26?/m1/s1. The van der Waals surface area contributed by atoms with Crippen LogP contribution in [0.15, 0.2) is 30.3 Å². The van der Waals surface area contributed by atoms with Crippen LogP contribution in [0.1, 0.15) is 58.3 Å². The number of Topliss-reactive ketones (excluding diaryl/α,β-unsaturated/α-hetero) is 1. The molecule has 32 heavy (non-hydrogen) atoms. The van der Waals surface area contributed by atoms with Crippen LogP contribution in [0.25, 0.3) is 0 Å². The number of likely N-dealkylation sites (tertiary alicyclic amines) is 1. The normalized spacial score (nSPS) is 34.1. The van der Waals surface area contributed by atoms with Gasteiger partial charge < -0.3 is 15.0 Å². The predicted octanol–water partition coefficient (Wildman–Crippen LogP) is 4.65. The van der Waals surface area contributed by atoms with Crippen molar-refractivity contribution in [3.8, 4) is 0 Å². The third kappa shape index (κ3) is 4.16. The summed E-state index contributed by atoms with van der Waals surface area (Å²) >= 11 is 0. The molecule has 1 heterocycles. The first kappa shape index (κ1) is 21.5. The molecule has 2 atom stereocenters. The zero-order chi connectivity index (χ0) is 22.3. The summed E-state index contributed by atoms with van der Waals surface area (Å²) in [7, 11) is 0. The number of benzene rings is 1. The van der Waals surface area contributed by atoms with Crippen molar-refractivity contribution >= 4 is 23.5 Å². The first-order chi connectivity index (χ1) is 15.4. The van der Waals surface area contributed by atoms with E-state index in [1.165, 1.54) is 19.3 Å². The number of anilines is 1. The second-order valence-corrected chi connectivity index (χ2v) is 10.7. The number of carbonyl (C=O) groups is 3. The van der Waals surface area contributed by atoms with Gasteiger partial charge in [-0.2, -0.15) is 0 Å². The van der Waals surface area contributed by atoms with Gasteiger partial charge in [0.25, 0.3) is 0 Å². The van der Waals surface area contributed by atoms with E-state index in [-0.39, 0.29) is 29.1 Å². The van der Waals surface area contributed by atoms with E-state index in [1.807, 2.05) is 30.3 Å². The molecule has 6 nitrogen and oxygen atoms in total. The molecule has 1 aromatic rings. The Bertz CT molecular complexity index is 848. The minimum absolute atomic E-state index is 0.138. The number of piperidine rings is 1. The molecular formula is C26H34N2O4. The lowest BCUT2D eigenvalue weighted by molar-refractivity contribution is -0.168. The summed E-state index contributed by atoms with van der Waals surface area (Å²) in [5, 5.41) is 2.89. The number of nitrogens with zero attached hydrogens (tertiary/aromatic N) is 1. The van der Waals surface area contributed by atoms with E-state index in [9.17, 15) is 14.4 Å². The molecule has 1 aliphatic heterocycles. The van der Waals surface area contributed by atoms with Crippen molar-refractivity contribution in [2.45, 2.75) is 64.4 Å². The van der Waals surface area contributed by atoms with Crippen LogP contribution in [-0.2, 0) is 14.3 Å². The fraction of sp³-hybridized carbons (Fsp3) is 0.654. The molecule has 0 unspecified atom stereocenters. The van der Waals surface area contributed by atoms with Gasteiger partial charge in [-0.25, -0.2) is 4.79 Å². The Morgan fingerprint density at radius 2 is 1.66 bits per heavy atom. The summed E-state index contributed by atoms with van der Waals surface area (Å²) in [6, 6.07) is 9.11. The van der Waals surface area contributed by atoms with Crippen LogP contribution in [0, 0.1) is 29.1 Å². The van der Waals surface area contributed by atoms with Crippen molar-refractivity contribution in [2.24, 2.45) is 29.1 Å².